The average Bonchev–Trinajstić information content (AvgIpc) is 3.39. The number of furan rings is 1. The van der Waals surface area contributed by atoms with Gasteiger partial charge in [0.1, 0.15) is 5.76 Å². The fraction of sp³-hybridized carbons (Fsp3) is 0.474. The fourth-order valence-corrected chi connectivity index (χ4v) is 3.20. The van der Waals surface area contributed by atoms with Gasteiger partial charge in [-0.3, -0.25) is 9.89 Å². The van der Waals surface area contributed by atoms with Crippen molar-refractivity contribution in [1.29, 1.82) is 0 Å². The van der Waals surface area contributed by atoms with Gasteiger partial charge in [0.05, 0.1) is 31.7 Å². The fourth-order valence-electron chi connectivity index (χ4n) is 3.20. The molecule has 0 spiro atoms. The molecule has 1 fully saturated rings. The molecule has 3 heterocycles. The molecule has 27 heavy (non-hydrogen) atoms. The number of hydrogen-bond donors (Lipinski definition) is 2. The third-order valence-corrected chi connectivity index (χ3v) is 4.57. The molecule has 1 saturated heterocycles. The standard InChI is InChI=1S/C19H27N5O2.HI/c1-20-19(21-13-15-7-5-9-18(23-15)25-2)22-14-16(17-8-6-12-26-17)24-10-3-4-11-24;/h5-9,12,16H,3-4,10-11,13-14H2,1-2H3,(H2,20,21,22);1H. The number of halogens is 1. The summed E-state index contributed by atoms with van der Waals surface area (Å²) < 4.78 is 10.8. The Morgan fingerprint density at radius 2 is 2.07 bits per heavy atom. The van der Waals surface area contributed by atoms with Crippen LogP contribution in [0.5, 0.6) is 5.88 Å². The first-order valence-electron chi connectivity index (χ1n) is 9.02. The summed E-state index contributed by atoms with van der Waals surface area (Å²) in [5.41, 5.74) is 0.898. The highest BCUT2D eigenvalue weighted by molar-refractivity contribution is 14.0. The summed E-state index contributed by atoms with van der Waals surface area (Å²) in [5, 5.41) is 6.71. The lowest BCUT2D eigenvalue weighted by molar-refractivity contribution is 0.215. The SMILES string of the molecule is CN=C(NCc1cccc(OC)n1)NCC(c1ccco1)N1CCCC1.I. The summed E-state index contributed by atoms with van der Waals surface area (Å²) in [7, 11) is 3.39. The van der Waals surface area contributed by atoms with E-state index in [0.29, 0.717) is 12.4 Å². The van der Waals surface area contributed by atoms with Crippen molar-refractivity contribution < 1.29 is 9.15 Å². The Morgan fingerprint density at radius 3 is 2.74 bits per heavy atom. The maximum absolute atomic E-state index is 5.66. The average molecular weight is 485 g/mol. The highest BCUT2D eigenvalue weighted by Gasteiger charge is 2.25. The van der Waals surface area contributed by atoms with E-state index in [9.17, 15) is 0 Å². The van der Waals surface area contributed by atoms with Crippen molar-refractivity contribution in [3.63, 3.8) is 0 Å². The molecule has 7 nitrogen and oxygen atoms in total. The number of ether oxygens (including phenoxy) is 1. The third-order valence-electron chi connectivity index (χ3n) is 4.57. The minimum absolute atomic E-state index is 0. The zero-order chi connectivity index (χ0) is 18.2. The molecule has 2 aromatic heterocycles. The minimum atomic E-state index is 0. The van der Waals surface area contributed by atoms with Crippen molar-refractivity contribution in [3.8, 4) is 5.88 Å². The number of nitrogens with one attached hydrogen (secondary N) is 2. The molecule has 0 radical (unpaired) electrons. The molecule has 148 valence electrons. The molecule has 0 amide bonds. The summed E-state index contributed by atoms with van der Waals surface area (Å²) in [4.78, 5) is 11.2. The first-order chi connectivity index (χ1) is 12.8. The summed E-state index contributed by atoms with van der Waals surface area (Å²) in [6.07, 6.45) is 4.22. The van der Waals surface area contributed by atoms with Gasteiger partial charge >= 0.3 is 0 Å². The summed E-state index contributed by atoms with van der Waals surface area (Å²) in [5.74, 6) is 2.34. The number of rotatable bonds is 7. The Morgan fingerprint density at radius 1 is 1.26 bits per heavy atom. The van der Waals surface area contributed by atoms with Crippen LogP contribution in [0.25, 0.3) is 0 Å². The van der Waals surface area contributed by atoms with Gasteiger partial charge in [0.25, 0.3) is 0 Å². The van der Waals surface area contributed by atoms with Crippen LogP contribution >= 0.6 is 24.0 Å². The van der Waals surface area contributed by atoms with E-state index >= 15 is 0 Å². The summed E-state index contributed by atoms with van der Waals surface area (Å²) in [6.45, 7) is 3.52. The van der Waals surface area contributed by atoms with Gasteiger partial charge in [-0.25, -0.2) is 4.98 Å². The van der Waals surface area contributed by atoms with E-state index in [0.717, 1.165) is 37.0 Å². The molecule has 1 aliphatic heterocycles. The zero-order valence-corrected chi connectivity index (χ0v) is 18.2. The van der Waals surface area contributed by atoms with Gasteiger partial charge in [-0.2, -0.15) is 0 Å². The summed E-state index contributed by atoms with van der Waals surface area (Å²) >= 11 is 0. The van der Waals surface area contributed by atoms with Crippen LogP contribution in [0.1, 0.15) is 30.3 Å². The topological polar surface area (TPSA) is 74.9 Å². The number of nitrogens with zero attached hydrogens (tertiary/aromatic N) is 3. The highest BCUT2D eigenvalue weighted by Crippen LogP contribution is 2.24. The van der Waals surface area contributed by atoms with Crippen LogP contribution in [-0.4, -0.2) is 49.6 Å². The lowest BCUT2D eigenvalue weighted by atomic mass is 10.2. The molecule has 0 aliphatic carbocycles. The third kappa shape index (κ3) is 6.10. The molecular formula is C19H28IN5O2. The van der Waals surface area contributed by atoms with Crippen LogP contribution in [0.2, 0.25) is 0 Å². The monoisotopic (exact) mass is 485 g/mol. The lowest BCUT2D eigenvalue weighted by Gasteiger charge is -2.26. The summed E-state index contributed by atoms with van der Waals surface area (Å²) in [6, 6.07) is 9.92. The van der Waals surface area contributed by atoms with Crippen molar-refractivity contribution in [2.45, 2.75) is 25.4 Å². The van der Waals surface area contributed by atoms with Crippen molar-refractivity contribution >= 4 is 29.9 Å². The predicted molar refractivity (Wildman–Crippen MR) is 117 cm³/mol. The van der Waals surface area contributed by atoms with Crippen molar-refractivity contribution in [1.82, 2.24) is 20.5 Å². The Hall–Kier alpha value is -1.81. The van der Waals surface area contributed by atoms with Crippen LogP contribution in [0.3, 0.4) is 0 Å². The normalized spacial score (nSPS) is 15.9. The second-order valence-electron chi connectivity index (χ2n) is 6.25. The lowest BCUT2D eigenvalue weighted by Crippen LogP contribution is -2.42. The number of likely N-dealkylation sites (tertiary alicyclic amines) is 1. The molecule has 3 rings (SSSR count). The molecular weight excluding hydrogens is 457 g/mol. The van der Waals surface area contributed by atoms with Gasteiger partial charge in [0, 0.05) is 19.7 Å². The van der Waals surface area contributed by atoms with Gasteiger partial charge in [-0.1, -0.05) is 6.07 Å². The number of guanidine groups is 1. The number of hydrogen-bond acceptors (Lipinski definition) is 5. The van der Waals surface area contributed by atoms with Gasteiger partial charge in [-0.15, -0.1) is 24.0 Å². The second kappa shape index (κ2) is 11.1. The first kappa shape index (κ1) is 21.5. The van der Waals surface area contributed by atoms with Crippen LogP contribution in [0, 0.1) is 0 Å². The largest absolute Gasteiger partial charge is 0.481 e. The van der Waals surface area contributed by atoms with Crippen molar-refractivity contribution in [2.24, 2.45) is 4.99 Å². The first-order valence-corrected chi connectivity index (χ1v) is 9.02. The Balaban J connectivity index is 0.00000261. The molecule has 2 aromatic rings. The minimum Gasteiger partial charge on any atom is -0.481 e. The zero-order valence-electron chi connectivity index (χ0n) is 15.9. The van der Waals surface area contributed by atoms with E-state index in [4.69, 9.17) is 9.15 Å². The van der Waals surface area contributed by atoms with E-state index in [1.54, 1.807) is 20.4 Å². The second-order valence-corrected chi connectivity index (χ2v) is 6.25. The Kier molecular flexibility index (Phi) is 8.86. The van der Waals surface area contributed by atoms with Gasteiger partial charge in [-0.05, 0) is 44.1 Å². The quantitative estimate of drug-likeness (QED) is 0.357. The number of pyridine rings is 1. The molecule has 2 N–H and O–H groups in total. The maximum atomic E-state index is 5.66. The van der Waals surface area contributed by atoms with Crippen LogP contribution < -0.4 is 15.4 Å². The predicted octanol–water partition coefficient (Wildman–Crippen LogP) is 2.80. The van der Waals surface area contributed by atoms with Crippen molar-refractivity contribution in [2.75, 3.05) is 33.8 Å². The van der Waals surface area contributed by atoms with E-state index in [-0.39, 0.29) is 30.0 Å². The Bertz CT molecular complexity index is 702. The van der Waals surface area contributed by atoms with Crippen molar-refractivity contribution in [3.05, 3.63) is 48.0 Å². The van der Waals surface area contributed by atoms with E-state index in [1.807, 2.05) is 30.3 Å². The molecule has 8 heteroatoms. The smallest absolute Gasteiger partial charge is 0.213 e. The molecule has 1 unspecified atom stereocenters. The number of methoxy groups -OCH3 is 1. The van der Waals surface area contributed by atoms with E-state index < -0.39 is 0 Å². The Labute approximate surface area is 177 Å². The maximum Gasteiger partial charge on any atom is 0.213 e. The van der Waals surface area contributed by atoms with Crippen LogP contribution in [0.4, 0.5) is 0 Å². The van der Waals surface area contributed by atoms with Crippen LogP contribution in [0.15, 0.2) is 46.0 Å². The number of aromatic nitrogens is 1. The van der Waals surface area contributed by atoms with Gasteiger partial charge in [0.15, 0.2) is 5.96 Å². The molecule has 0 aromatic carbocycles. The van der Waals surface area contributed by atoms with E-state index in [2.05, 4.69) is 25.5 Å². The molecule has 0 bridgehead atoms. The molecule has 1 atom stereocenters. The molecule has 1 aliphatic rings. The van der Waals surface area contributed by atoms with Crippen LogP contribution in [-0.2, 0) is 6.54 Å². The van der Waals surface area contributed by atoms with E-state index in [1.165, 1.54) is 12.8 Å². The number of aliphatic imine (C=N–C) groups is 1. The van der Waals surface area contributed by atoms with Gasteiger partial charge < -0.3 is 19.8 Å². The van der Waals surface area contributed by atoms with Gasteiger partial charge in [0.2, 0.25) is 5.88 Å². The highest BCUT2D eigenvalue weighted by atomic mass is 127. The molecule has 0 saturated carbocycles.